The van der Waals surface area contributed by atoms with Gasteiger partial charge < -0.3 is 14.7 Å². The number of aliphatic hydroxyl groups is 1. The predicted molar refractivity (Wildman–Crippen MR) is 73.2 cm³/mol. The van der Waals surface area contributed by atoms with Crippen LogP contribution in [0, 0.1) is 19.8 Å². The fourth-order valence-electron chi connectivity index (χ4n) is 2.34. The van der Waals surface area contributed by atoms with Gasteiger partial charge in [0.15, 0.2) is 0 Å². The molecule has 1 aromatic rings. The lowest BCUT2D eigenvalue weighted by atomic mass is 10.1. The molecule has 104 valence electrons. The number of benzene rings is 1. The zero-order chi connectivity index (χ0) is 13.8. The second-order valence-corrected chi connectivity index (χ2v) is 5.14. The average molecular weight is 263 g/mol. The van der Waals surface area contributed by atoms with Crippen LogP contribution in [0.15, 0.2) is 18.2 Å². The first-order valence-corrected chi connectivity index (χ1v) is 6.69. The van der Waals surface area contributed by atoms with Gasteiger partial charge in [0.05, 0.1) is 6.54 Å². The molecule has 1 atom stereocenters. The number of carbonyl (C=O) groups is 1. The molecule has 1 aliphatic rings. The molecule has 1 heterocycles. The van der Waals surface area contributed by atoms with Gasteiger partial charge in [0, 0.05) is 25.5 Å². The van der Waals surface area contributed by atoms with Crippen LogP contribution < -0.4 is 4.74 Å². The molecule has 0 bridgehead atoms. The van der Waals surface area contributed by atoms with Crippen LogP contribution in [0.2, 0.25) is 0 Å². The van der Waals surface area contributed by atoms with E-state index in [0.717, 1.165) is 11.3 Å². The zero-order valence-electron chi connectivity index (χ0n) is 11.6. The van der Waals surface area contributed by atoms with Crippen molar-refractivity contribution in [3.05, 3.63) is 29.3 Å². The fraction of sp³-hybridized carbons (Fsp3) is 0.533. The number of rotatable bonds is 5. The van der Waals surface area contributed by atoms with Gasteiger partial charge in [-0.2, -0.15) is 0 Å². The molecule has 0 radical (unpaired) electrons. The summed E-state index contributed by atoms with van der Waals surface area (Å²) in [5.74, 6) is 1.09. The monoisotopic (exact) mass is 263 g/mol. The van der Waals surface area contributed by atoms with Crippen molar-refractivity contribution in [2.24, 2.45) is 5.92 Å². The minimum atomic E-state index is 0.0834. The van der Waals surface area contributed by atoms with Crippen molar-refractivity contribution < 1.29 is 14.6 Å². The van der Waals surface area contributed by atoms with Gasteiger partial charge >= 0.3 is 0 Å². The van der Waals surface area contributed by atoms with E-state index >= 15 is 0 Å². The standard InChI is InChI=1S/C15H21NO3/c1-11-4-3-5-14(12(11)2)19-7-6-16-9-13(10-17)8-15(16)18/h3-5,13,17H,6-10H2,1-2H3. The smallest absolute Gasteiger partial charge is 0.223 e. The Hall–Kier alpha value is -1.55. The Balaban J connectivity index is 1.84. The highest BCUT2D eigenvalue weighted by Crippen LogP contribution is 2.21. The van der Waals surface area contributed by atoms with Gasteiger partial charge in [-0.25, -0.2) is 0 Å². The van der Waals surface area contributed by atoms with Crippen LogP contribution in [0.3, 0.4) is 0 Å². The molecule has 1 amide bonds. The highest BCUT2D eigenvalue weighted by atomic mass is 16.5. The molecular weight excluding hydrogens is 242 g/mol. The Morgan fingerprint density at radius 2 is 2.21 bits per heavy atom. The van der Waals surface area contributed by atoms with Crippen molar-refractivity contribution in [2.75, 3.05) is 26.3 Å². The van der Waals surface area contributed by atoms with Crippen molar-refractivity contribution in [3.8, 4) is 5.75 Å². The van der Waals surface area contributed by atoms with Crippen molar-refractivity contribution >= 4 is 5.91 Å². The number of nitrogens with zero attached hydrogens (tertiary/aromatic N) is 1. The van der Waals surface area contributed by atoms with E-state index < -0.39 is 0 Å². The van der Waals surface area contributed by atoms with E-state index in [0.29, 0.717) is 26.1 Å². The summed E-state index contributed by atoms with van der Waals surface area (Å²) in [6.45, 7) is 5.90. The Labute approximate surface area is 114 Å². The summed E-state index contributed by atoms with van der Waals surface area (Å²) in [6, 6.07) is 5.98. The lowest BCUT2D eigenvalue weighted by Crippen LogP contribution is -2.30. The van der Waals surface area contributed by atoms with Gasteiger partial charge in [0.1, 0.15) is 12.4 Å². The number of aliphatic hydroxyl groups excluding tert-OH is 1. The number of aryl methyl sites for hydroxylation is 1. The number of amides is 1. The first kappa shape index (κ1) is 13.9. The molecule has 1 unspecified atom stereocenters. The van der Waals surface area contributed by atoms with E-state index in [1.165, 1.54) is 5.56 Å². The number of carbonyl (C=O) groups excluding carboxylic acids is 1. The Kier molecular flexibility index (Phi) is 4.43. The molecule has 19 heavy (non-hydrogen) atoms. The van der Waals surface area contributed by atoms with Gasteiger partial charge in [-0.05, 0) is 31.0 Å². The lowest BCUT2D eigenvalue weighted by molar-refractivity contribution is -0.128. The normalized spacial score (nSPS) is 19.0. The van der Waals surface area contributed by atoms with Crippen molar-refractivity contribution in [3.63, 3.8) is 0 Å². The third-order valence-electron chi connectivity index (χ3n) is 3.73. The van der Waals surface area contributed by atoms with Crippen molar-refractivity contribution in [2.45, 2.75) is 20.3 Å². The predicted octanol–water partition coefficient (Wildman–Crippen LogP) is 1.52. The van der Waals surface area contributed by atoms with E-state index in [1.54, 1.807) is 4.90 Å². The van der Waals surface area contributed by atoms with Gasteiger partial charge in [0.25, 0.3) is 0 Å². The highest BCUT2D eigenvalue weighted by Gasteiger charge is 2.28. The van der Waals surface area contributed by atoms with E-state index in [9.17, 15) is 4.79 Å². The summed E-state index contributed by atoms with van der Waals surface area (Å²) < 4.78 is 5.74. The fourth-order valence-corrected chi connectivity index (χ4v) is 2.34. The second kappa shape index (κ2) is 6.06. The number of hydrogen-bond acceptors (Lipinski definition) is 3. The van der Waals surface area contributed by atoms with Gasteiger partial charge in [-0.15, -0.1) is 0 Å². The zero-order valence-corrected chi connectivity index (χ0v) is 11.6. The third-order valence-corrected chi connectivity index (χ3v) is 3.73. The largest absolute Gasteiger partial charge is 0.491 e. The van der Waals surface area contributed by atoms with Gasteiger partial charge in [-0.1, -0.05) is 12.1 Å². The molecule has 1 aliphatic heterocycles. The lowest BCUT2D eigenvalue weighted by Gasteiger charge is -2.17. The molecule has 0 aliphatic carbocycles. The quantitative estimate of drug-likeness (QED) is 0.876. The Bertz CT molecular complexity index is 459. The summed E-state index contributed by atoms with van der Waals surface area (Å²) >= 11 is 0. The van der Waals surface area contributed by atoms with Crippen LogP contribution >= 0.6 is 0 Å². The van der Waals surface area contributed by atoms with Gasteiger partial charge in [0.2, 0.25) is 5.91 Å². The molecular formula is C15H21NO3. The molecule has 0 saturated carbocycles. The van der Waals surface area contributed by atoms with Crippen LogP contribution in [0.1, 0.15) is 17.5 Å². The average Bonchev–Trinajstić information content (AvgIpc) is 2.75. The van der Waals surface area contributed by atoms with Crippen LogP contribution in [0.4, 0.5) is 0 Å². The molecule has 1 saturated heterocycles. The van der Waals surface area contributed by atoms with E-state index in [2.05, 4.69) is 13.0 Å². The second-order valence-electron chi connectivity index (χ2n) is 5.14. The summed E-state index contributed by atoms with van der Waals surface area (Å²) in [4.78, 5) is 13.4. The van der Waals surface area contributed by atoms with Crippen LogP contribution in [-0.2, 0) is 4.79 Å². The SMILES string of the molecule is Cc1cccc(OCCN2CC(CO)CC2=O)c1C. The third kappa shape index (κ3) is 3.26. The van der Waals surface area contributed by atoms with Crippen LogP contribution in [0.25, 0.3) is 0 Å². The molecule has 0 spiro atoms. The van der Waals surface area contributed by atoms with Gasteiger partial charge in [-0.3, -0.25) is 4.79 Å². The first-order valence-electron chi connectivity index (χ1n) is 6.69. The summed E-state index contributed by atoms with van der Waals surface area (Å²) in [5, 5.41) is 9.06. The van der Waals surface area contributed by atoms with Crippen LogP contribution in [-0.4, -0.2) is 42.2 Å². The molecule has 1 fully saturated rings. The number of hydrogen-bond donors (Lipinski definition) is 1. The maximum Gasteiger partial charge on any atom is 0.223 e. The summed E-state index contributed by atoms with van der Waals surface area (Å²) in [7, 11) is 0. The maximum absolute atomic E-state index is 11.7. The summed E-state index contributed by atoms with van der Waals surface area (Å²) in [5.41, 5.74) is 2.35. The van der Waals surface area contributed by atoms with E-state index in [-0.39, 0.29) is 18.4 Å². The highest BCUT2D eigenvalue weighted by molar-refractivity contribution is 5.78. The molecule has 0 aromatic heterocycles. The van der Waals surface area contributed by atoms with Crippen LogP contribution in [0.5, 0.6) is 5.75 Å². The minimum Gasteiger partial charge on any atom is -0.491 e. The van der Waals surface area contributed by atoms with Crippen molar-refractivity contribution in [1.82, 2.24) is 4.90 Å². The molecule has 2 rings (SSSR count). The number of ether oxygens (including phenoxy) is 1. The molecule has 4 heteroatoms. The molecule has 1 N–H and O–H groups in total. The van der Waals surface area contributed by atoms with Crippen molar-refractivity contribution in [1.29, 1.82) is 0 Å². The summed E-state index contributed by atoms with van der Waals surface area (Å²) in [6.07, 6.45) is 0.458. The maximum atomic E-state index is 11.7. The molecule has 4 nitrogen and oxygen atoms in total. The van der Waals surface area contributed by atoms with E-state index in [4.69, 9.17) is 9.84 Å². The minimum absolute atomic E-state index is 0.0834. The Morgan fingerprint density at radius 3 is 2.89 bits per heavy atom. The number of likely N-dealkylation sites (tertiary alicyclic amines) is 1. The first-order chi connectivity index (χ1) is 9.11. The topological polar surface area (TPSA) is 49.8 Å². The molecule has 1 aromatic carbocycles. The van der Waals surface area contributed by atoms with E-state index in [1.807, 2.05) is 19.1 Å². The Morgan fingerprint density at radius 1 is 1.42 bits per heavy atom.